The second kappa shape index (κ2) is 5.95. The number of nitrogens with zero attached hydrogens (tertiary/aromatic N) is 4. The van der Waals surface area contributed by atoms with Gasteiger partial charge in [0, 0.05) is 25.7 Å². The summed E-state index contributed by atoms with van der Waals surface area (Å²) in [7, 11) is 0. The van der Waals surface area contributed by atoms with Gasteiger partial charge in [-0.1, -0.05) is 13.3 Å². The van der Waals surface area contributed by atoms with E-state index in [-0.39, 0.29) is 0 Å². The smallest absolute Gasteiger partial charge is 0.195 e. The molecule has 0 radical (unpaired) electrons. The summed E-state index contributed by atoms with van der Waals surface area (Å²) in [6, 6.07) is 0. The second-order valence-corrected chi connectivity index (χ2v) is 4.87. The molecule has 0 saturated heterocycles. The first-order valence-electron chi connectivity index (χ1n) is 6.34. The molecule has 0 atom stereocenters. The van der Waals surface area contributed by atoms with Gasteiger partial charge in [-0.05, 0) is 31.1 Å². The lowest BCUT2D eigenvalue weighted by Gasteiger charge is -2.05. The molecule has 0 amide bonds. The first-order valence-corrected chi connectivity index (χ1v) is 6.74. The van der Waals surface area contributed by atoms with Crippen LogP contribution in [-0.4, -0.2) is 24.5 Å². The van der Waals surface area contributed by atoms with E-state index >= 15 is 0 Å². The monoisotopic (exact) mass is 265 g/mol. The van der Waals surface area contributed by atoms with Crippen LogP contribution in [0.15, 0.2) is 12.4 Å². The SMILES string of the molecule is CCCCn1c(CCn2cc(C)cn2)n[nH]c1=S. The predicted octanol–water partition coefficient (Wildman–Crippen LogP) is 2.49. The van der Waals surface area contributed by atoms with Gasteiger partial charge in [0.15, 0.2) is 4.77 Å². The molecular formula is C12H19N5S. The molecular weight excluding hydrogens is 246 g/mol. The fraction of sp³-hybridized carbons (Fsp3) is 0.583. The van der Waals surface area contributed by atoms with Gasteiger partial charge < -0.3 is 4.57 Å². The molecule has 0 aliphatic carbocycles. The van der Waals surface area contributed by atoms with Crippen molar-refractivity contribution in [1.29, 1.82) is 0 Å². The minimum absolute atomic E-state index is 0.718. The molecule has 0 saturated carbocycles. The van der Waals surface area contributed by atoms with Crippen LogP contribution in [0, 0.1) is 11.7 Å². The van der Waals surface area contributed by atoms with Crippen molar-refractivity contribution in [1.82, 2.24) is 24.5 Å². The third-order valence-corrected chi connectivity index (χ3v) is 3.21. The zero-order valence-corrected chi connectivity index (χ0v) is 11.7. The first-order chi connectivity index (χ1) is 8.70. The van der Waals surface area contributed by atoms with E-state index in [1.165, 1.54) is 5.56 Å². The normalized spacial score (nSPS) is 11.0. The van der Waals surface area contributed by atoms with Gasteiger partial charge in [-0.25, -0.2) is 0 Å². The highest BCUT2D eigenvalue weighted by molar-refractivity contribution is 7.71. The van der Waals surface area contributed by atoms with Crippen LogP contribution in [0.5, 0.6) is 0 Å². The molecule has 98 valence electrons. The maximum Gasteiger partial charge on any atom is 0.195 e. The quantitative estimate of drug-likeness (QED) is 0.816. The van der Waals surface area contributed by atoms with Crippen molar-refractivity contribution in [2.75, 3.05) is 0 Å². The van der Waals surface area contributed by atoms with Crippen molar-refractivity contribution in [3.63, 3.8) is 0 Å². The number of unbranched alkanes of at least 4 members (excludes halogenated alkanes) is 1. The van der Waals surface area contributed by atoms with Crippen molar-refractivity contribution in [3.8, 4) is 0 Å². The molecule has 6 heteroatoms. The molecule has 0 spiro atoms. The van der Waals surface area contributed by atoms with Gasteiger partial charge in [-0.2, -0.15) is 10.2 Å². The maximum absolute atomic E-state index is 5.24. The molecule has 2 aromatic heterocycles. The molecule has 0 bridgehead atoms. The van der Waals surface area contributed by atoms with Crippen LogP contribution in [-0.2, 0) is 19.5 Å². The summed E-state index contributed by atoms with van der Waals surface area (Å²) in [5.74, 6) is 1.02. The number of aryl methyl sites for hydroxylation is 3. The lowest BCUT2D eigenvalue weighted by atomic mass is 10.3. The Kier molecular flexibility index (Phi) is 4.30. The molecule has 1 N–H and O–H groups in total. The van der Waals surface area contributed by atoms with Crippen LogP contribution >= 0.6 is 12.2 Å². The Morgan fingerprint density at radius 2 is 2.22 bits per heavy atom. The fourth-order valence-corrected chi connectivity index (χ4v) is 2.13. The summed E-state index contributed by atoms with van der Waals surface area (Å²) < 4.78 is 4.75. The molecule has 0 aliphatic heterocycles. The molecule has 0 aromatic carbocycles. The molecule has 5 nitrogen and oxygen atoms in total. The maximum atomic E-state index is 5.24. The number of aromatic amines is 1. The lowest BCUT2D eigenvalue weighted by molar-refractivity contribution is 0.552. The van der Waals surface area contributed by atoms with E-state index in [1.807, 2.05) is 24.0 Å². The standard InChI is InChI=1S/C12H19N5S/c1-3-4-6-17-11(14-15-12(17)18)5-7-16-9-10(2)8-13-16/h8-9H,3-7H2,1-2H3,(H,15,18). The van der Waals surface area contributed by atoms with Gasteiger partial charge in [0.1, 0.15) is 5.82 Å². The van der Waals surface area contributed by atoms with Crippen molar-refractivity contribution in [2.45, 2.75) is 46.2 Å². The second-order valence-electron chi connectivity index (χ2n) is 4.48. The van der Waals surface area contributed by atoms with Crippen LogP contribution in [0.25, 0.3) is 0 Å². The third kappa shape index (κ3) is 3.07. The molecule has 0 aliphatic rings. The minimum Gasteiger partial charge on any atom is -0.304 e. The number of H-pyrrole nitrogens is 1. The van der Waals surface area contributed by atoms with E-state index in [4.69, 9.17) is 12.2 Å². The number of rotatable bonds is 6. The Morgan fingerprint density at radius 3 is 2.89 bits per heavy atom. The summed E-state index contributed by atoms with van der Waals surface area (Å²) in [5.41, 5.74) is 1.18. The van der Waals surface area contributed by atoms with Gasteiger partial charge in [0.25, 0.3) is 0 Å². The Labute approximate surface area is 112 Å². The van der Waals surface area contributed by atoms with E-state index in [2.05, 4.69) is 26.8 Å². The fourth-order valence-electron chi connectivity index (χ4n) is 1.89. The van der Waals surface area contributed by atoms with Crippen LogP contribution in [0.1, 0.15) is 31.2 Å². The van der Waals surface area contributed by atoms with E-state index in [0.717, 1.165) is 42.9 Å². The van der Waals surface area contributed by atoms with Gasteiger partial charge in [0.05, 0.1) is 6.20 Å². The average Bonchev–Trinajstić information content (AvgIpc) is 2.91. The zero-order chi connectivity index (χ0) is 13.0. The van der Waals surface area contributed by atoms with Crippen molar-refractivity contribution in [2.24, 2.45) is 0 Å². The van der Waals surface area contributed by atoms with Crippen molar-refractivity contribution >= 4 is 12.2 Å². The molecule has 0 fully saturated rings. The van der Waals surface area contributed by atoms with E-state index in [0.29, 0.717) is 0 Å². The Morgan fingerprint density at radius 1 is 1.39 bits per heavy atom. The highest BCUT2D eigenvalue weighted by Crippen LogP contribution is 2.04. The Balaban J connectivity index is 2.02. The number of hydrogen-bond donors (Lipinski definition) is 1. The highest BCUT2D eigenvalue weighted by atomic mass is 32.1. The van der Waals surface area contributed by atoms with Crippen LogP contribution < -0.4 is 0 Å². The van der Waals surface area contributed by atoms with E-state index < -0.39 is 0 Å². The summed E-state index contributed by atoms with van der Waals surface area (Å²) in [4.78, 5) is 0. The Hall–Kier alpha value is -1.43. The Bertz CT molecular complexity index is 551. The van der Waals surface area contributed by atoms with Gasteiger partial charge in [0.2, 0.25) is 0 Å². The van der Waals surface area contributed by atoms with Crippen LogP contribution in [0.4, 0.5) is 0 Å². The summed E-state index contributed by atoms with van der Waals surface area (Å²) in [6.07, 6.45) is 7.04. The topological polar surface area (TPSA) is 51.4 Å². The molecule has 0 unspecified atom stereocenters. The number of aromatic nitrogens is 5. The number of nitrogens with one attached hydrogen (secondary N) is 1. The average molecular weight is 265 g/mol. The predicted molar refractivity (Wildman–Crippen MR) is 73.0 cm³/mol. The van der Waals surface area contributed by atoms with Crippen LogP contribution in [0.2, 0.25) is 0 Å². The van der Waals surface area contributed by atoms with E-state index in [1.54, 1.807) is 0 Å². The van der Waals surface area contributed by atoms with Gasteiger partial charge in [-0.3, -0.25) is 9.78 Å². The van der Waals surface area contributed by atoms with Gasteiger partial charge in [-0.15, -0.1) is 0 Å². The highest BCUT2D eigenvalue weighted by Gasteiger charge is 2.06. The number of hydrogen-bond acceptors (Lipinski definition) is 3. The van der Waals surface area contributed by atoms with Crippen molar-refractivity contribution < 1.29 is 0 Å². The largest absolute Gasteiger partial charge is 0.304 e. The molecule has 2 rings (SSSR count). The molecule has 18 heavy (non-hydrogen) atoms. The van der Waals surface area contributed by atoms with E-state index in [9.17, 15) is 0 Å². The van der Waals surface area contributed by atoms with Crippen LogP contribution in [0.3, 0.4) is 0 Å². The molecule has 2 heterocycles. The lowest BCUT2D eigenvalue weighted by Crippen LogP contribution is -2.09. The first kappa shape index (κ1) is 13.0. The third-order valence-electron chi connectivity index (χ3n) is 2.90. The molecule has 2 aromatic rings. The zero-order valence-electron chi connectivity index (χ0n) is 10.9. The summed E-state index contributed by atoms with van der Waals surface area (Å²) in [6.45, 7) is 6.00. The minimum atomic E-state index is 0.718. The summed E-state index contributed by atoms with van der Waals surface area (Å²) >= 11 is 5.24. The van der Waals surface area contributed by atoms with Gasteiger partial charge >= 0.3 is 0 Å². The summed E-state index contributed by atoms with van der Waals surface area (Å²) in [5, 5.41) is 11.4. The van der Waals surface area contributed by atoms with Crippen molar-refractivity contribution in [3.05, 3.63) is 28.6 Å².